The van der Waals surface area contributed by atoms with Gasteiger partial charge in [0.05, 0.1) is 29.8 Å². The number of nitrogens with zero attached hydrogens (tertiary/aromatic N) is 2. The van der Waals surface area contributed by atoms with E-state index in [0.29, 0.717) is 0 Å². The van der Waals surface area contributed by atoms with Crippen molar-refractivity contribution in [1.29, 1.82) is 0 Å². The molecule has 1 saturated heterocycles. The van der Waals surface area contributed by atoms with Crippen LogP contribution in [0.2, 0.25) is 0 Å². The second-order valence-electron chi connectivity index (χ2n) is 4.10. The van der Waals surface area contributed by atoms with E-state index in [0.717, 1.165) is 24.5 Å². The van der Waals surface area contributed by atoms with Gasteiger partial charge in [-0.3, -0.25) is 4.98 Å². The van der Waals surface area contributed by atoms with E-state index >= 15 is 0 Å². The zero-order valence-electron chi connectivity index (χ0n) is 9.18. The van der Waals surface area contributed by atoms with Gasteiger partial charge >= 0.3 is 0 Å². The highest BCUT2D eigenvalue weighted by Crippen LogP contribution is 2.24. The number of ether oxygens (including phenoxy) is 1. The summed E-state index contributed by atoms with van der Waals surface area (Å²) in [6, 6.07) is 1.96. The smallest absolute Gasteiger partial charge is 0.0738 e. The first-order valence-electron chi connectivity index (χ1n) is 5.26. The van der Waals surface area contributed by atoms with Crippen molar-refractivity contribution in [2.24, 2.45) is 0 Å². The first-order chi connectivity index (χ1) is 7.16. The van der Waals surface area contributed by atoms with E-state index in [4.69, 9.17) is 10.5 Å². The molecule has 82 valence electrons. The summed E-state index contributed by atoms with van der Waals surface area (Å²) in [5, 5.41) is 0. The topological polar surface area (TPSA) is 51.4 Å². The summed E-state index contributed by atoms with van der Waals surface area (Å²) in [7, 11) is 0. The Bertz CT molecular complexity index is 332. The zero-order chi connectivity index (χ0) is 10.8. The molecule has 0 saturated carbocycles. The van der Waals surface area contributed by atoms with Gasteiger partial charge < -0.3 is 15.4 Å². The number of hydrogen-bond donors (Lipinski definition) is 1. The predicted octanol–water partition coefficient (Wildman–Crippen LogP) is 1.28. The highest BCUT2D eigenvalue weighted by atomic mass is 16.5. The van der Waals surface area contributed by atoms with Crippen LogP contribution in [0.1, 0.15) is 13.8 Å². The zero-order valence-corrected chi connectivity index (χ0v) is 9.18. The van der Waals surface area contributed by atoms with Gasteiger partial charge in [-0.1, -0.05) is 0 Å². The Balaban J connectivity index is 2.20. The third kappa shape index (κ3) is 2.21. The van der Waals surface area contributed by atoms with Crippen LogP contribution in [0.5, 0.6) is 0 Å². The molecule has 15 heavy (non-hydrogen) atoms. The Morgan fingerprint density at radius 2 is 2.07 bits per heavy atom. The first kappa shape index (κ1) is 10.2. The SMILES string of the molecule is CC1CN(c2ccncc2N)CC(C)O1. The minimum Gasteiger partial charge on any atom is -0.396 e. The molecule has 2 unspecified atom stereocenters. The van der Waals surface area contributed by atoms with E-state index < -0.39 is 0 Å². The monoisotopic (exact) mass is 207 g/mol. The van der Waals surface area contributed by atoms with Gasteiger partial charge in [0.25, 0.3) is 0 Å². The highest BCUT2D eigenvalue weighted by Gasteiger charge is 2.23. The molecule has 0 aromatic carbocycles. The van der Waals surface area contributed by atoms with Gasteiger partial charge in [-0.2, -0.15) is 0 Å². The molecule has 1 aliphatic rings. The molecule has 2 rings (SSSR count). The fourth-order valence-corrected chi connectivity index (χ4v) is 2.06. The van der Waals surface area contributed by atoms with Crippen molar-refractivity contribution in [2.75, 3.05) is 23.7 Å². The van der Waals surface area contributed by atoms with Crippen LogP contribution >= 0.6 is 0 Å². The standard InChI is InChI=1S/C11H17N3O/c1-8-6-14(7-9(2)15-8)11-3-4-13-5-10(11)12/h3-5,8-9H,6-7,12H2,1-2H3. The van der Waals surface area contributed by atoms with Crippen molar-refractivity contribution in [2.45, 2.75) is 26.1 Å². The van der Waals surface area contributed by atoms with E-state index in [1.807, 2.05) is 6.07 Å². The lowest BCUT2D eigenvalue weighted by molar-refractivity contribution is -0.00517. The normalized spacial score (nSPS) is 26.7. The van der Waals surface area contributed by atoms with E-state index in [9.17, 15) is 0 Å². The van der Waals surface area contributed by atoms with Crippen LogP contribution < -0.4 is 10.6 Å². The maximum Gasteiger partial charge on any atom is 0.0738 e. The lowest BCUT2D eigenvalue weighted by Crippen LogP contribution is -2.45. The molecule has 2 atom stereocenters. The Hall–Kier alpha value is -1.29. The van der Waals surface area contributed by atoms with E-state index in [1.165, 1.54) is 0 Å². The van der Waals surface area contributed by atoms with Crippen LogP contribution in [0, 0.1) is 0 Å². The molecule has 1 aromatic heterocycles. The lowest BCUT2D eigenvalue weighted by Gasteiger charge is -2.37. The van der Waals surface area contributed by atoms with Gasteiger partial charge in [-0.25, -0.2) is 0 Å². The third-order valence-corrected chi connectivity index (χ3v) is 2.59. The van der Waals surface area contributed by atoms with Gasteiger partial charge in [-0.15, -0.1) is 0 Å². The molecule has 0 aliphatic carbocycles. The molecule has 4 nitrogen and oxygen atoms in total. The largest absolute Gasteiger partial charge is 0.396 e. The fourth-order valence-electron chi connectivity index (χ4n) is 2.06. The summed E-state index contributed by atoms with van der Waals surface area (Å²) >= 11 is 0. The predicted molar refractivity (Wildman–Crippen MR) is 60.9 cm³/mol. The third-order valence-electron chi connectivity index (χ3n) is 2.59. The molecule has 0 bridgehead atoms. The van der Waals surface area contributed by atoms with E-state index in [-0.39, 0.29) is 12.2 Å². The Labute approximate surface area is 90.0 Å². The van der Waals surface area contributed by atoms with Gasteiger partial charge in [-0.05, 0) is 19.9 Å². The summed E-state index contributed by atoms with van der Waals surface area (Å²) in [4.78, 5) is 6.25. The van der Waals surface area contributed by atoms with Gasteiger partial charge in [0, 0.05) is 19.3 Å². The number of hydrogen-bond acceptors (Lipinski definition) is 4. The molecule has 1 aromatic rings. The Morgan fingerprint density at radius 1 is 1.40 bits per heavy atom. The molecular formula is C11H17N3O. The minimum absolute atomic E-state index is 0.251. The summed E-state index contributed by atoms with van der Waals surface area (Å²) < 4.78 is 5.68. The van der Waals surface area contributed by atoms with Crippen LogP contribution in [-0.2, 0) is 4.74 Å². The van der Waals surface area contributed by atoms with Crippen LogP contribution in [0.3, 0.4) is 0 Å². The first-order valence-corrected chi connectivity index (χ1v) is 5.26. The molecule has 2 heterocycles. The van der Waals surface area contributed by atoms with Crippen molar-refractivity contribution in [3.05, 3.63) is 18.5 Å². The van der Waals surface area contributed by atoms with E-state index in [2.05, 4.69) is 23.7 Å². The van der Waals surface area contributed by atoms with Crippen LogP contribution in [-0.4, -0.2) is 30.3 Å². The molecular weight excluding hydrogens is 190 g/mol. The molecule has 1 aliphatic heterocycles. The summed E-state index contributed by atoms with van der Waals surface area (Å²) in [6.45, 7) is 5.94. The van der Waals surface area contributed by atoms with Crippen LogP contribution in [0.15, 0.2) is 18.5 Å². The maximum absolute atomic E-state index is 5.90. The number of nitrogen functional groups attached to an aromatic ring is 1. The van der Waals surface area contributed by atoms with Gasteiger partial charge in [0.15, 0.2) is 0 Å². The number of pyridine rings is 1. The summed E-state index contributed by atoms with van der Waals surface area (Å²) in [5.41, 5.74) is 7.69. The van der Waals surface area contributed by atoms with E-state index in [1.54, 1.807) is 12.4 Å². The lowest BCUT2D eigenvalue weighted by atomic mass is 10.2. The number of morpholine rings is 1. The molecule has 4 heteroatoms. The molecule has 1 fully saturated rings. The van der Waals surface area contributed by atoms with Gasteiger partial charge in [0.1, 0.15) is 0 Å². The number of rotatable bonds is 1. The van der Waals surface area contributed by atoms with Crippen LogP contribution in [0.4, 0.5) is 11.4 Å². The van der Waals surface area contributed by atoms with Crippen molar-refractivity contribution >= 4 is 11.4 Å². The van der Waals surface area contributed by atoms with Gasteiger partial charge in [0.2, 0.25) is 0 Å². The average Bonchev–Trinajstić information content (AvgIpc) is 2.16. The molecule has 2 N–H and O–H groups in total. The van der Waals surface area contributed by atoms with Crippen LogP contribution in [0.25, 0.3) is 0 Å². The summed E-state index contributed by atoms with van der Waals surface area (Å²) in [5.74, 6) is 0. The number of anilines is 2. The minimum atomic E-state index is 0.251. The number of nitrogens with two attached hydrogens (primary N) is 1. The highest BCUT2D eigenvalue weighted by molar-refractivity contribution is 5.66. The Morgan fingerprint density at radius 3 is 2.67 bits per heavy atom. The Kier molecular flexibility index (Phi) is 2.77. The fraction of sp³-hybridized carbons (Fsp3) is 0.545. The second-order valence-corrected chi connectivity index (χ2v) is 4.10. The van der Waals surface area contributed by atoms with Crippen molar-refractivity contribution in [1.82, 2.24) is 4.98 Å². The average molecular weight is 207 g/mol. The molecule has 0 spiro atoms. The maximum atomic E-state index is 5.90. The number of aromatic nitrogens is 1. The van der Waals surface area contributed by atoms with Crippen molar-refractivity contribution in [3.8, 4) is 0 Å². The molecule has 0 amide bonds. The molecule has 0 radical (unpaired) electrons. The van der Waals surface area contributed by atoms with Crippen molar-refractivity contribution in [3.63, 3.8) is 0 Å². The quantitative estimate of drug-likeness (QED) is 0.753. The summed E-state index contributed by atoms with van der Waals surface area (Å²) in [6.07, 6.45) is 3.97. The van der Waals surface area contributed by atoms with Crippen molar-refractivity contribution < 1.29 is 4.74 Å². The second kappa shape index (κ2) is 4.06.